The second-order valence-corrected chi connectivity index (χ2v) is 3.83. The highest BCUT2D eigenvalue weighted by atomic mass is 16.5. The van der Waals surface area contributed by atoms with Crippen molar-refractivity contribution in [3.8, 4) is 11.5 Å². The molecule has 0 radical (unpaired) electrons. The minimum Gasteiger partial charge on any atom is -0.493 e. The topological polar surface area (TPSA) is 84.9 Å². The number of amides is 1. The molecule has 6 nitrogen and oxygen atoms in total. The Morgan fingerprint density at radius 3 is 2.58 bits per heavy atom. The molecule has 0 bridgehead atoms. The summed E-state index contributed by atoms with van der Waals surface area (Å²) in [4.78, 5) is 22.5. The summed E-state index contributed by atoms with van der Waals surface area (Å²) >= 11 is 0. The summed E-state index contributed by atoms with van der Waals surface area (Å²) in [7, 11) is 1.47. The number of ether oxygens (including phenoxy) is 2. The molecule has 1 unspecified atom stereocenters. The van der Waals surface area contributed by atoms with Crippen LogP contribution in [-0.4, -0.2) is 36.7 Å². The largest absolute Gasteiger partial charge is 0.493 e. The number of methoxy groups -OCH3 is 1. The van der Waals surface area contributed by atoms with Crippen molar-refractivity contribution in [2.45, 2.75) is 19.9 Å². The van der Waals surface area contributed by atoms with Gasteiger partial charge in [-0.05, 0) is 32.0 Å². The van der Waals surface area contributed by atoms with E-state index in [4.69, 9.17) is 14.6 Å². The molecular weight excluding hydrogens is 250 g/mol. The highest BCUT2D eigenvalue weighted by molar-refractivity contribution is 5.97. The number of carboxylic acids is 1. The van der Waals surface area contributed by atoms with E-state index in [1.54, 1.807) is 12.1 Å². The van der Waals surface area contributed by atoms with Crippen LogP contribution in [0.3, 0.4) is 0 Å². The summed E-state index contributed by atoms with van der Waals surface area (Å²) in [5, 5.41) is 11.1. The summed E-state index contributed by atoms with van der Waals surface area (Å²) in [6.45, 7) is 3.72. The molecule has 19 heavy (non-hydrogen) atoms. The van der Waals surface area contributed by atoms with Gasteiger partial charge in [0.05, 0.1) is 13.7 Å². The molecule has 0 spiro atoms. The number of carbonyl (C=O) groups is 2. The second kappa shape index (κ2) is 6.63. The molecule has 1 atom stereocenters. The number of benzene rings is 1. The molecular formula is C13H17NO5. The van der Waals surface area contributed by atoms with Gasteiger partial charge >= 0.3 is 5.97 Å². The average Bonchev–Trinajstić information content (AvgIpc) is 2.39. The monoisotopic (exact) mass is 267 g/mol. The molecule has 1 amide bonds. The molecule has 0 fully saturated rings. The van der Waals surface area contributed by atoms with Gasteiger partial charge in [0.25, 0.3) is 5.91 Å². The van der Waals surface area contributed by atoms with Crippen LogP contribution in [0.15, 0.2) is 18.2 Å². The zero-order chi connectivity index (χ0) is 14.4. The highest BCUT2D eigenvalue weighted by Gasteiger charge is 2.16. The molecule has 0 saturated carbocycles. The Labute approximate surface area is 111 Å². The van der Waals surface area contributed by atoms with Gasteiger partial charge in [-0.25, -0.2) is 0 Å². The van der Waals surface area contributed by atoms with Crippen molar-refractivity contribution in [1.82, 2.24) is 5.32 Å². The van der Waals surface area contributed by atoms with Gasteiger partial charge in [-0.3, -0.25) is 9.59 Å². The van der Waals surface area contributed by atoms with Crippen molar-refractivity contribution in [2.75, 3.05) is 13.7 Å². The number of carbonyl (C=O) groups excluding carboxylic acids is 1. The van der Waals surface area contributed by atoms with E-state index in [0.29, 0.717) is 23.7 Å². The normalized spacial score (nSPS) is 11.5. The Morgan fingerprint density at radius 2 is 2.05 bits per heavy atom. The molecule has 2 N–H and O–H groups in total. The number of nitrogens with one attached hydrogen (secondary N) is 1. The Hall–Kier alpha value is -2.24. The second-order valence-electron chi connectivity index (χ2n) is 3.83. The molecule has 104 valence electrons. The van der Waals surface area contributed by atoms with Crippen molar-refractivity contribution < 1.29 is 24.2 Å². The number of aliphatic carboxylic acids is 1. The summed E-state index contributed by atoms with van der Waals surface area (Å²) in [5.41, 5.74) is 0.313. The number of hydrogen-bond acceptors (Lipinski definition) is 4. The predicted molar refractivity (Wildman–Crippen MR) is 68.7 cm³/mol. The van der Waals surface area contributed by atoms with Gasteiger partial charge in [-0.1, -0.05) is 0 Å². The third-order valence-electron chi connectivity index (χ3n) is 2.44. The third-order valence-corrected chi connectivity index (χ3v) is 2.44. The van der Waals surface area contributed by atoms with Crippen molar-refractivity contribution in [2.24, 2.45) is 0 Å². The van der Waals surface area contributed by atoms with E-state index < -0.39 is 17.9 Å². The van der Waals surface area contributed by atoms with Gasteiger partial charge in [-0.15, -0.1) is 0 Å². The van der Waals surface area contributed by atoms with Gasteiger partial charge in [0.1, 0.15) is 6.04 Å². The lowest BCUT2D eigenvalue weighted by molar-refractivity contribution is -0.138. The van der Waals surface area contributed by atoms with Gasteiger partial charge in [-0.2, -0.15) is 0 Å². The maximum atomic E-state index is 11.8. The molecule has 1 aromatic rings. The van der Waals surface area contributed by atoms with Gasteiger partial charge in [0.15, 0.2) is 11.5 Å². The first-order valence-corrected chi connectivity index (χ1v) is 5.84. The van der Waals surface area contributed by atoms with Crippen LogP contribution in [0.4, 0.5) is 0 Å². The van der Waals surface area contributed by atoms with Crippen molar-refractivity contribution >= 4 is 11.9 Å². The Bertz CT molecular complexity index is 472. The van der Waals surface area contributed by atoms with E-state index in [9.17, 15) is 9.59 Å². The van der Waals surface area contributed by atoms with E-state index in [1.165, 1.54) is 20.1 Å². The Morgan fingerprint density at radius 1 is 1.37 bits per heavy atom. The van der Waals surface area contributed by atoms with Crippen LogP contribution < -0.4 is 14.8 Å². The molecule has 0 aromatic heterocycles. The maximum absolute atomic E-state index is 11.8. The van der Waals surface area contributed by atoms with Gasteiger partial charge in [0.2, 0.25) is 0 Å². The van der Waals surface area contributed by atoms with Crippen molar-refractivity contribution in [3.63, 3.8) is 0 Å². The summed E-state index contributed by atoms with van der Waals surface area (Å²) < 4.78 is 10.5. The highest BCUT2D eigenvalue weighted by Crippen LogP contribution is 2.27. The standard InChI is InChI=1S/C13H17NO5/c1-4-19-10-6-5-9(7-11(10)18-3)12(15)14-8(2)13(16)17/h5-8H,4H2,1-3H3,(H,14,15)(H,16,17). The van der Waals surface area contributed by atoms with Crippen molar-refractivity contribution in [1.29, 1.82) is 0 Å². The zero-order valence-electron chi connectivity index (χ0n) is 11.1. The fraction of sp³-hybridized carbons (Fsp3) is 0.385. The Kier molecular flexibility index (Phi) is 5.17. The van der Waals surface area contributed by atoms with Gasteiger partial charge in [0, 0.05) is 5.56 Å². The lowest BCUT2D eigenvalue weighted by Crippen LogP contribution is -2.38. The first kappa shape index (κ1) is 14.8. The quantitative estimate of drug-likeness (QED) is 0.811. The van der Waals surface area contributed by atoms with Crippen LogP contribution in [-0.2, 0) is 4.79 Å². The fourth-order valence-electron chi connectivity index (χ4n) is 1.43. The molecule has 0 saturated heterocycles. The van der Waals surface area contributed by atoms with Crippen LogP contribution in [0.1, 0.15) is 24.2 Å². The third kappa shape index (κ3) is 3.87. The minimum absolute atomic E-state index is 0.313. The number of carboxylic acid groups (broad SMARTS) is 1. The van der Waals surface area contributed by atoms with E-state index in [2.05, 4.69) is 5.32 Å². The lowest BCUT2D eigenvalue weighted by Gasteiger charge is -2.12. The average molecular weight is 267 g/mol. The molecule has 0 aliphatic heterocycles. The van der Waals surface area contributed by atoms with E-state index in [0.717, 1.165) is 0 Å². The van der Waals surface area contributed by atoms with Crippen LogP contribution in [0, 0.1) is 0 Å². The lowest BCUT2D eigenvalue weighted by atomic mass is 10.1. The smallest absolute Gasteiger partial charge is 0.325 e. The fourth-order valence-corrected chi connectivity index (χ4v) is 1.43. The Balaban J connectivity index is 2.89. The summed E-state index contributed by atoms with van der Waals surface area (Å²) in [5.74, 6) is -0.604. The molecule has 0 aliphatic carbocycles. The molecule has 1 aromatic carbocycles. The first-order chi connectivity index (χ1) is 8.99. The predicted octanol–water partition coefficient (Wildman–Crippen LogP) is 1.30. The van der Waals surface area contributed by atoms with Crippen LogP contribution in [0.5, 0.6) is 11.5 Å². The van der Waals surface area contributed by atoms with E-state index in [1.807, 2.05) is 6.92 Å². The van der Waals surface area contributed by atoms with Crippen LogP contribution in [0.25, 0.3) is 0 Å². The van der Waals surface area contributed by atoms with Gasteiger partial charge < -0.3 is 19.9 Å². The number of hydrogen-bond donors (Lipinski definition) is 2. The van der Waals surface area contributed by atoms with E-state index in [-0.39, 0.29) is 0 Å². The zero-order valence-corrected chi connectivity index (χ0v) is 11.1. The van der Waals surface area contributed by atoms with Crippen molar-refractivity contribution in [3.05, 3.63) is 23.8 Å². The number of rotatable bonds is 6. The minimum atomic E-state index is -1.09. The molecule has 1 rings (SSSR count). The molecule has 0 aliphatic rings. The van der Waals surface area contributed by atoms with Crippen LogP contribution >= 0.6 is 0 Å². The summed E-state index contributed by atoms with van der Waals surface area (Å²) in [6.07, 6.45) is 0. The summed E-state index contributed by atoms with van der Waals surface area (Å²) in [6, 6.07) is 3.72. The SMILES string of the molecule is CCOc1ccc(C(=O)NC(C)C(=O)O)cc1OC. The van der Waals surface area contributed by atoms with E-state index >= 15 is 0 Å². The van der Waals surface area contributed by atoms with Crippen LogP contribution in [0.2, 0.25) is 0 Å². The first-order valence-electron chi connectivity index (χ1n) is 5.84. The maximum Gasteiger partial charge on any atom is 0.325 e. The molecule has 6 heteroatoms. The molecule has 0 heterocycles.